The Morgan fingerprint density at radius 1 is 0.929 bits per heavy atom. The molecule has 1 aromatic carbocycles. The van der Waals surface area contributed by atoms with Crippen LogP contribution in [-0.2, 0) is 0 Å². The maximum absolute atomic E-state index is 4.12. The van der Waals surface area contributed by atoms with Crippen molar-refractivity contribution in [3.8, 4) is 0 Å². The maximum Gasteiger partial charge on any atom is 0.0672 e. The molecule has 0 spiro atoms. The largest absolute Gasteiger partial charge is 0.265 e. The number of allylic oxidation sites excluding steroid dienone is 1. The molecule has 1 aromatic rings. The molecule has 0 saturated heterocycles. The highest BCUT2D eigenvalue weighted by atomic mass is 14.8. The fourth-order valence-electron chi connectivity index (χ4n) is 0.975. The molecule has 0 aliphatic heterocycles. The summed E-state index contributed by atoms with van der Waals surface area (Å²) in [5.41, 5.74) is 2.22. The lowest BCUT2D eigenvalue weighted by Crippen LogP contribution is -1.69. The fraction of sp³-hybridized carbons (Fsp3) is 0. The first kappa shape index (κ1) is 10.1. The molecular formula is C11H11N3. The van der Waals surface area contributed by atoms with Gasteiger partial charge in [0.2, 0.25) is 0 Å². The van der Waals surface area contributed by atoms with Crippen LogP contribution >= 0.6 is 0 Å². The van der Waals surface area contributed by atoms with Crippen LogP contribution in [0.25, 0.3) is 0 Å². The molecule has 3 heteroatoms. The number of benzene rings is 1. The Balaban J connectivity index is 3.16. The van der Waals surface area contributed by atoms with Crippen LogP contribution in [0, 0.1) is 0 Å². The average molecular weight is 185 g/mol. The summed E-state index contributed by atoms with van der Waals surface area (Å²) < 4.78 is 0. The van der Waals surface area contributed by atoms with Crippen LogP contribution in [0.2, 0.25) is 0 Å². The van der Waals surface area contributed by atoms with Crippen LogP contribution in [0.5, 0.6) is 0 Å². The Kier molecular flexibility index (Phi) is 3.49. The van der Waals surface area contributed by atoms with E-state index in [-0.39, 0.29) is 0 Å². The average Bonchev–Trinajstić information content (AvgIpc) is 2.25. The van der Waals surface area contributed by atoms with Crippen molar-refractivity contribution in [2.24, 2.45) is 15.0 Å². The lowest BCUT2D eigenvalue weighted by atomic mass is 10.2. The second-order valence-electron chi connectivity index (χ2n) is 2.54. The Hall–Kier alpha value is -2.03. The van der Waals surface area contributed by atoms with Crippen molar-refractivity contribution in [3.05, 3.63) is 30.9 Å². The van der Waals surface area contributed by atoms with Gasteiger partial charge in [-0.05, 0) is 31.6 Å². The number of aliphatic imine (C=N–C) groups is 3. The molecule has 0 radical (unpaired) electrons. The molecule has 1 rings (SSSR count). The Labute approximate surface area is 83.3 Å². The van der Waals surface area contributed by atoms with E-state index in [0.717, 1.165) is 17.1 Å². The van der Waals surface area contributed by atoms with Gasteiger partial charge in [0.15, 0.2) is 0 Å². The SMILES string of the molecule is C=CC=Nc1cc(N=C)cc(N=C)c1. The third-order valence-corrected chi connectivity index (χ3v) is 1.58. The van der Waals surface area contributed by atoms with Crippen molar-refractivity contribution >= 4 is 36.7 Å². The van der Waals surface area contributed by atoms with Gasteiger partial charge in [0.1, 0.15) is 0 Å². The topological polar surface area (TPSA) is 37.1 Å². The molecule has 0 aromatic heterocycles. The van der Waals surface area contributed by atoms with Crippen molar-refractivity contribution in [2.75, 3.05) is 0 Å². The van der Waals surface area contributed by atoms with Gasteiger partial charge >= 0.3 is 0 Å². The molecule has 0 amide bonds. The van der Waals surface area contributed by atoms with Crippen molar-refractivity contribution in [1.29, 1.82) is 0 Å². The molecule has 0 bridgehead atoms. The van der Waals surface area contributed by atoms with E-state index in [1.165, 1.54) is 0 Å². The van der Waals surface area contributed by atoms with E-state index in [1.54, 1.807) is 18.4 Å². The molecule has 0 N–H and O–H groups in total. The molecule has 0 aliphatic rings. The minimum Gasteiger partial charge on any atom is -0.265 e. The van der Waals surface area contributed by atoms with E-state index in [1.807, 2.05) is 12.1 Å². The molecule has 0 atom stereocenters. The normalized spacial score (nSPS) is 10.0. The van der Waals surface area contributed by atoms with Gasteiger partial charge in [-0.2, -0.15) is 0 Å². The van der Waals surface area contributed by atoms with E-state index in [2.05, 4.69) is 35.0 Å². The van der Waals surface area contributed by atoms with Crippen LogP contribution in [0.15, 0.2) is 45.8 Å². The first-order valence-corrected chi connectivity index (χ1v) is 4.04. The molecule has 0 unspecified atom stereocenters. The summed E-state index contributed by atoms with van der Waals surface area (Å²) in [7, 11) is 0. The summed E-state index contributed by atoms with van der Waals surface area (Å²) >= 11 is 0. The Bertz CT molecular complexity index is 365. The smallest absolute Gasteiger partial charge is 0.0672 e. The van der Waals surface area contributed by atoms with Gasteiger partial charge in [-0.25, -0.2) is 0 Å². The number of nitrogens with zero attached hydrogens (tertiary/aromatic N) is 3. The standard InChI is InChI=1S/C11H11N3/c1-4-5-14-11-7-9(12-2)6-10(8-11)13-3/h4-8H,1-3H2. The highest BCUT2D eigenvalue weighted by Crippen LogP contribution is 2.27. The van der Waals surface area contributed by atoms with Crippen LogP contribution < -0.4 is 0 Å². The van der Waals surface area contributed by atoms with E-state index in [4.69, 9.17) is 0 Å². The molecule has 70 valence electrons. The zero-order chi connectivity index (χ0) is 10.4. The summed E-state index contributed by atoms with van der Waals surface area (Å²) in [4.78, 5) is 11.7. The van der Waals surface area contributed by atoms with Gasteiger partial charge in [-0.15, -0.1) is 0 Å². The van der Waals surface area contributed by atoms with Crippen LogP contribution in [0.4, 0.5) is 17.1 Å². The Morgan fingerprint density at radius 3 is 1.86 bits per heavy atom. The molecule has 14 heavy (non-hydrogen) atoms. The number of rotatable bonds is 4. The third kappa shape index (κ3) is 2.48. The molecule has 3 nitrogen and oxygen atoms in total. The minimum absolute atomic E-state index is 0.728. The predicted molar refractivity (Wildman–Crippen MR) is 63.2 cm³/mol. The predicted octanol–water partition coefficient (Wildman–Crippen LogP) is 3.24. The lowest BCUT2D eigenvalue weighted by Gasteiger charge is -1.98. The minimum atomic E-state index is 0.728. The highest BCUT2D eigenvalue weighted by molar-refractivity contribution is 5.75. The van der Waals surface area contributed by atoms with Crippen LogP contribution in [-0.4, -0.2) is 19.6 Å². The maximum atomic E-state index is 4.12. The van der Waals surface area contributed by atoms with Crippen molar-refractivity contribution in [1.82, 2.24) is 0 Å². The first-order valence-electron chi connectivity index (χ1n) is 4.04. The first-order chi connectivity index (χ1) is 6.80. The Morgan fingerprint density at radius 2 is 1.43 bits per heavy atom. The number of hydrogen-bond acceptors (Lipinski definition) is 3. The van der Waals surface area contributed by atoms with E-state index < -0.39 is 0 Å². The van der Waals surface area contributed by atoms with Gasteiger partial charge < -0.3 is 0 Å². The second kappa shape index (κ2) is 4.87. The summed E-state index contributed by atoms with van der Waals surface area (Å²) in [5.74, 6) is 0. The summed E-state index contributed by atoms with van der Waals surface area (Å²) in [6.07, 6.45) is 3.21. The van der Waals surface area contributed by atoms with E-state index >= 15 is 0 Å². The number of hydrogen-bond donors (Lipinski definition) is 0. The van der Waals surface area contributed by atoms with E-state index in [9.17, 15) is 0 Å². The van der Waals surface area contributed by atoms with Crippen molar-refractivity contribution in [2.45, 2.75) is 0 Å². The molecule has 0 fully saturated rings. The molecule has 0 saturated carbocycles. The third-order valence-electron chi connectivity index (χ3n) is 1.58. The fourth-order valence-corrected chi connectivity index (χ4v) is 0.975. The highest BCUT2D eigenvalue weighted by Gasteiger charge is 1.96. The molecule has 0 heterocycles. The molecular weight excluding hydrogens is 174 g/mol. The van der Waals surface area contributed by atoms with Gasteiger partial charge in [0.05, 0.1) is 17.1 Å². The van der Waals surface area contributed by atoms with Crippen LogP contribution in [0.1, 0.15) is 0 Å². The van der Waals surface area contributed by atoms with Gasteiger partial charge in [-0.1, -0.05) is 12.7 Å². The lowest BCUT2D eigenvalue weighted by molar-refractivity contribution is 1.45. The summed E-state index contributed by atoms with van der Waals surface area (Å²) in [5, 5.41) is 0. The zero-order valence-corrected chi connectivity index (χ0v) is 7.85. The van der Waals surface area contributed by atoms with Gasteiger partial charge in [-0.3, -0.25) is 15.0 Å². The van der Waals surface area contributed by atoms with Crippen LogP contribution in [0.3, 0.4) is 0 Å². The second-order valence-corrected chi connectivity index (χ2v) is 2.54. The van der Waals surface area contributed by atoms with Crippen molar-refractivity contribution in [3.63, 3.8) is 0 Å². The summed E-state index contributed by atoms with van der Waals surface area (Å²) in [6, 6.07) is 5.40. The van der Waals surface area contributed by atoms with Gasteiger partial charge in [0.25, 0.3) is 0 Å². The van der Waals surface area contributed by atoms with Crippen molar-refractivity contribution < 1.29 is 0 Å². The van der Waals surface area contributed by atoms with E-state index in [0.29, 0.717) is 0 Å². The monoisotopic (exact) mass is 185 g/mol. The summed E-state index contributed by atoms with van der Waals surface area (Å²) in [6.45, 7) is 10.4. The quantitative estimate of drug-likeness (QED) is 0.646. The molecule has 0 aliphatic carbocycles. The van der Waals surface area contributed by atoms with Gasteiger partial charge in [0, 0.05) is 6.21 Å². The zero-order valence-electron chi connectivity index (χ0n) is 7.85.